The standard InChI is InChI=1S/C15H26N2O3/c1-5-20-10-9-17(2)13(11-16)12-7-6-8-14(18-3)15(12)19-4/h6-8,13H,5,9-11,16H2,1-4H3. The molecule has 0 saturated carbocycles. The van der Waals surface area contributed by atoms with E-state index in [4.69, 9.17) is 19.9 Å². The van der Waals surface area contributed by atoms with Crippen LogP contribution in [-0.4, -0.2) is 52.5 Å². The van der Waals surface area contributed by atoms with Crippen molar-refractivity contribution in [3.63, 3.8) is 0 Å². The fourth-order valence-electron chi connectivity index (χ4n) is 2.23. The van der Waals surface area contributed by atoms with Crippen molar-refractivity contribution in [1.82, 2.24) is 4.90 Å². The molecule has 0 spiro atoms. The van der Waals surface area contributed by atoms with E-state index < -0.39 is 0 Å². The number of nitrogens with zero attached hydrogens (tertiary/aromatic N) is 1. The van der Waals surface area contributed by atoms with E-state index in [2.05, 4.69) is 4.90 Å². The minimum absolute atomic E-state index is 0.0699. The Hall–Kier alpha value is -1.30. The average Bonchev–Trinajstić information content (AvgIpc) is 2.47. The molecule has 0 aromatic heterocycles. The lowest BCUT2D eigenvalue weighted by Gasteiger charge is -2.28. The van der Waals surface area contributed by atoms with E-state index in [-0.39, 0.29) is 6.04 Å². The van der Waals surface area contributed by atoms with Crippen LogP contribution in [0.3, 0.4) is 0 Å². The van der Waals surface area contributed by atoms with Gasteiger partial charge in [0, 0.05) is 25.3 Å². The molecule has 114 valence electrons. The largest absolute Gasteiger partial charge is 0.493 e. The minimum Gasteiger partial charge on any atom is -0.493 e. The van der Waals surface area contributed by atoms with E-state index in [0.717, 1.165) is 30.2 Å². The number of nitrogens with two attached hydrogens (primary N) is 1. The summed E-state index contributed by atoms with van der Waals surface area (Å²) in [5.41, 5.74) is 6.98. The molecule has 5 nitrogen and oxygen atoms in total. The molecule has 0 fully saturated rings. The third-order valence-corrected chi connectivity index (χ3v) is 3.34. The van der Waals surface area contributed by atoms with Crippen LogP contribution >= 0.6 is 0 Å². The number of hydrogen-bond donors (Lipinski definition) is 1. The molecule has 0 radical (unpaired) electrons. The highest BCUT2D eigenvalue weighted by atomic mass is 16.5. The summed E-state index contributed by atoms with van der Waals surface area (Å²) in [4.78, 5) is 2.17. The molecule has 1 aromatic carbocycles. The number of hydrogen-bond acceptors (Lipinski definition) is 5. The molecular weight excluding hydrogens is 256 g/mol. The zero-order chi connectivity index (χ0) is 15.0. The van der Waals surface area contributed by atoms with Crippen molar-refractivity contribution in [2.45, 2.75) is 13.0 Å². The van der Waals surface area contributed by atoms with E-state index in [1.165, 1.54) is 0 Å². The third kappa shape index (κ3) is 4.10. The van der Waals surface area contributed by atoms with Crippen LogP contribution in [0, 0.1) is 0 Å². The number of methoxy groups -OCH3 is 2. The summed E-state index contributed by atoms with van der Waals surface area (Å²) >= 11 is 0. The second-order valence-electron chi connectivity index (χ2n) is 4.51. The van der Waals surface area contributed by atoms with E-state index >= 15 is 0 Å². The molecule has 0 heterocycles. The lowest BCUT2D eigenvalue weighted by Crippen LogP contribution is -2.33. The Morgan fingerprint density at radius 3 is 2.55 bits per heavy atom. The topological polar surface area (TPSA) is 57.0 Å². The molecule has 0 saturated heterocycles. The summed E-state index contributed by atoms with van der Waals surface area (Å²) in [5, 5.41) is 0. The fraction of sp³-hybridized carbons (Fsp3) is 0.600. The first-order chi connectivity index (χ1) is 9.69. The molecule has 20 heavy (non-hydrogen) atoms. The third-order valence-electron chi connectivity index (χ3n) is 3.34. The van der Waals surface area contributed by atoms with E-state index in [0.29, 0.717) is 13.2 Å². The molecule has 1 atom stereocenters. The molecule has 0 aliphatic heterocycles. The van der Waals surface area contributed by atoms with Crippen molar-refractivity contribution in [3.8, 4) is 11.5 Å². The monoisotopic (exact) mass is 282 g/mol. The average molecular weight is 282 g/mol. The highest BCUT2D eigenvalue weighted by Gasteiger charge is 2.21. The Balaban J connectivity index is 2.93. The molecule has 5 heteroatoms. The van der Waals surface area contributed by atoms with Gasteiger partial charge in [-0.3, -0.25) is 4.90 Å². The molecular formula is C15H26N2O3. The maximum atomic E-state index is 5.95. The van der Waals surface area contributed by atoms with Gasteiger partial charge >= 0.3 is 0 Å². The zero-order valence-electron chi connectivity index (χ0n) is 12.9. The Morgan fingerprint density at radius 1 is 1.25 bits per heavy atom. The summed E-state index contributed by atoms with van der Waals surface area (Å²) in [5.74, 6) is 1.47. The number of rotatable bonds is 9. The number of ether oxygens (including phenoxy) is 3. The van der Waals surface area contributed by atoms with Gasteiger partial charge in [-0.2, -0.15) is 0 Å². The van der Waals surface area contributed by atoms with Crippen molar-refractivity contribution in [2.75, 3.05) is 47.6 Å². The first-order valence-corrected chi connectivity index (χ1v) is 6.88. The summed E-state index contributed by atoms with van der Waals surface area (Å²) in [7, 11) is 5.32. The predicted molar refractivity (Wildman–Crippen MR) is 80.5 cm³/mol. The highest BCUT2D eigenvalue weighted by molar-refractivity contribution is 5.48. The Kier molecular flexibility index (Phi) is 7.36. The van der Waals surface area contributed by atoms with Gasteiger partial charge in [-0.1, -0.05) is 12.1 Å². The smallest absolute Gasteiger partial charge is 0.165 e. The molecule has 0 aliphatic carbocycles. The van der Waals surface area contributed by atoms with Gasteiger partial charge in [0.2, 0.25) is 0 Å². The van der Waals surface area contributed by atoms with Gasteiger partial charge < -0.3 is 19.9 Å². The maximum absolute atomic E-state index is 5.95. The van der Waals surface area contributed by atoms with Crippen LogP contribution in [0.25, 0.3) is 0 Å². The molecule has 0 bridgehead atoms. The van der Waals surface area contributed by atoms with E-state index in [1.54, 1.807) is 14.2 Å². The molecule has 1 aromatic rings. The van der Waals surface area contributed by atoms with Crippen LogP contribution in [0.5, 0.6) is 11.5 Å². The van der Waals surface area contributed by atoms with Gasteiger partial charge in [0.25, 0.3) is 0 Å². The number of likely N-dealkylation sites (N-methyl/N-ethyl adjacent to an activating group) is 1. The van der Waals surface area contributed by atoms with Crippen LogP contribution in [-0.2, 0) is 4.74 Å². The lowest BCUT2D eigenvalue weighted by molar-refractivity contribution is 0.108. The van der Waals surface area contributed by atoms with E-state index in [1.807, 2.05) is 32.2 Å². The van der Waals surface area contributed by atoms with Crippen LogP contribution in [0.2, 0.25) is 0 Å². The lowest BCUT2D eigenvalue weighted by atomic mass is 10.0. The van der Waals surface area contributed by atoms with Gasteiger partial charge in [-0.15, -0.1) is 0 Å². The summed E-state index contributed by atoms with van der Waals surface area (Å²) in [6.07, 6.45) is 0. The van der Waals surface area contributed by atoms with Gasteiger partial charge in [-0.25, -0.2) is 0 Å². The molecule has 1 rings (SSSR count). The predicted octanol–water partition coefficient (Wildman–Crippen LogP) is 1.67. The first kappa shape index (κ1) is 16.8. The van der Waals surface area contributed by atoms with Crippen LogP contribution in [0.1, 0.15) is 18.5 Å². The highest BCUT2D eigenvalue weighted by Crippen LogP contribution is 2.36. The zero-order valence-corrected chi connectivity index (χ0v) is 12.9. The number of benzene rings is 1. The second-order valence-corrected chi connectivity index (χ2v) is 4.51. The second kappa shape index (κ2) is 8.79. The summed E-state index contributed by atoms with van der Waals surface area (Å²) < 4.78 is 16.2. The Bertz CT molecular complexity index is 399. The van der Waals surface area contributed by atoms with Crippen molar-refractivity contribution >= 4 is 0 Å². The summed E-state index contributed by atoms with van der Waals surface area (Å²) in [6.45, 7) is 4.73. The molecule has 2 N–H and O–H groups in total. The maximum Gasteiger partial charge on any atom is 0.165 e. The van der Waals surface area contributed by atoms with Crippen LogP contribution in [0.15, 0.2) is 18.2 Å². The Labute approximate surface area is 121 Å². The normalized spacial score (nSPS) is 12.5. The minimum atomic E-state index is 0.0699. The van der Waals surface area contributed by atoms with Gasteiger partial charge in [-0.05, 0) is 20.0 Å². The fourth-order valence-corrected chi connectivity index (χ4v) is 2.23. The van der Waals surface area contributed by atoms with Gasteiger partial charge in [0.1, 0.15) is 0 Å². The van der Waals surface area contributed by atoms with Crippen molar-refractivity contribution in [2.24, 2.45) is 5.73 Å². The van der Waals surface area contributed by atoms with Crippen LogP contribution in [0.4, 0.5) is 0 Å². The van der Waals surface area contributed by atoms with Crippen molar-refractivity contribution in [1.29, 1.82) is 0 Å². The molecule has 0 aliphatic rings. The molecule has 1 unspecified atom stereocenters. The quantitative estimate of drug-likeness (QED) is 0.698. The summed E-state index contributed by atoms with van der Waals surface area (Å²) in [6, 6.07) is 5.93. The molecule has 0 amide bonds. The number of para-hydroxylation sites is 1. The van der Waals surface area contributed by atoms with Gasteiger partial charge in [0.15, 0.2) is 11.5 Å². The van der Waals surface area contributed by atoms with Crippen molar-refractivity contribution < 1.29 is 14.2 Å². The first-order valence-electron chi connectivity index (χ1n) is 6.88. The van der Waals surface area contributed by atoms with E-state index in [9.17, 15) is 0 Å². The van der Waals surface area contributed by atoms with Crippen LogP contribution < -0.4 is 15.2 Å². The van der Waals surface area contributed by atoms with Crippen molar-refractivity contribution in [3.05, 3.63) is 23.8 Å². The SMILES string of the molecule is CCOCCN(C)C(CN)c1cccc(OC)c1OC. The Morgan fingerprint density at radius 2 is 2.00 bits per heavy atom. The van der Waals surface area contributed by atoms with Gasteiger partial charge in [0.05, 0.1) is 26.9 Å².